The molecule has 19 heavy (non-hydrogen) atoms. The van der Waals surface area contributed by atoms with Crippen molar-refractivity contribution in [2.45, 2.75) is 18.8 Å². The molecule has 0 aliphatic rings. The quantitative estimate of drug-likeness (QED) is 0.844. The van der Waals surface area contributed by atoms with E-state index in [2.05, 4.69) is 16.6 Å². The van der Waals surface area contributed by atoms with Gasteiger partial charge in [0.1, 0.15) is 11.5 Å². The number of aromatic nitrogens is 1. The Morgan fingerprint density at radius 3 is 2.89 bits per heavy atom. The number of thioether (sulfide) groups is 1. The molecule has 0 unspecified atom stereocenters. The number of nitrogens with zero attached hydrogens (tertiary/aromatic N) is 1. The van der Waals surface area contributed by atoms with E-state index < -0.39 is 0 Å². The molecule has 0 atom stereocenters. The maximum absolute atomic E-state index is 5.69. The van der Waals surface area contributed by atoms with Crippen LogP contribution < -0.4 is 10.1 Å². The number of hydrogen-bond acceptors (Lipinski definition) is 5. The molecule has 2 aromatic rings. The summed E-state index contributed by atoms with van der Waals surface area (Å²) in [6, 6.07) is 7.94. The number of hydrogen-bond donors (Lipinski definition) is 1. The standard InChI is InChI=1S/C14H18N2O2S/c1-17-14-11(4-3-7-16-14)8-15-9-12-5-6-13(18-12)10-19-2/h3-7,15H,8-10H2,1-2H3. The first-order valence-corrected chi connectivity index (χ1v) is 7.48. The minimum atomic E-state index is 0.664. The van der Waals surface area contributed by atoms with E-state index in [1.807, 2.05) is 24.3 Å². The Bertz CT molecular complexity index is 514. The lowest BCUT2D eigenvalue weighted by Gasteiger charge is -2.07. The highest BCUT2D eigenvalue weighted by atomic mass is 32.2. The van der Waals surface area contributed by atoms with Gasteiger partial charge in [-0.25, -0.2) is 4.98 Å². The molecule has 0 bridgehead atoms. The monoisotopic (exact) mass is 278 g/mol. The lowest BCUT2D eigenvalue weighted by Crippen LogP contribution is -2.13. The largest absolute Gasteiger partial charge is 0.481 e. The van der Waals surface area contributed by atoms with Gasteiger partial charge in [0.25, 0.3) is 0 Å². The van der Waals surface area contributed by atoms with Gasteiger partial charge in [-0.3, -0.25) is 0 Å². The van der Waals surface area contributed by atoms with Gasteiger partial charge in [-0.2, -0.15) is 11.8 Å². The first-order valence-electron chi connectivity index (χ1n) is 6.08. The Kier molecular flexibility index (Phi) is 5.30. The first kappa shape index (κ1) is 14.0. The van der Waals surface area contributed by atoms with Crippen LogP contribution in [-0.2, 0) is 18.8 Å². The SMILES string of the molecule is COc1ncccc1CNCc1ccc(CSC)o1. The number of furan rings is 1. The summed E-state index contributed by atoms with van der Waals surface area (Å²) in [5.74, 6) is 3.55. The van der Waals surface area contributed by atoms with Crippen molar-refractivity contribution in [2.75, 3.05) is 13.4 Å². The van der Waals surface area contributed by atoms with Gasteiger partial charge in [0.15, 0.2) is 0 Å². The summed E-state index contributed by atoms with van der Waals surface area (Å²) in [6.07, 6.45) is 3.79. The molecule has 0 fully saturated rings. The molecule has 0 aromatic carbocycles. The molecule has 0 amide bonds. The molecule has 102 valence electrons. The van der Waals surface area contributed by atoms with Gasteiger partial charge in [0.2, 0.25) is 5.88 Å². The average Bonchev–Trinajstić information content (AvgIpc) is 2.87. The van der Waals surface area contributed by atoms with Crippen LogP contribution >= 0.6 is 11.8 Å². The maximum atomic E-state index is 5.69. The zero-order chi connectivity index (χ0) is 13.5. The predicted molar refractivity (Wildman–Crippen MR) is 77.3 cm³/mol. The number of nitrogens with one attached hydrogen (secondary N) is 1. The van der Waals surface area contributed by atoms with Gasteiger partial charge < -0.3 is 14.5 Å². The minimum Gasteiger partial charge on any atom is -0.481 e. The average molecular weight is 278 g/mol. The first-order chi connectivity index (χ1) is 9.33. The number of pyridine rings is 1. The Labute approximate surface area is 117 Å². The van der Waals surface area contributed by atoms with Gasteiger partial charge in [0.05, 0.1) is 19.4 Å². The second-order valence-corrected chi connectivity index (χ2v) is 4.94. The number of rotatable bonds is 7. The van der Waals surface area contributed by atoms with Crippen LogP contribution in [0.3, 0.4) is 0 Å². The summed E-state index contributed by atoms with van der Waals surface area (Å²) >= 11 is 1.75. The highest BCUT2D eigenvalue weighted by Crippen LogP contribution is 2.15. The van der Waals surface area contributed by atoms with Gasteiger partial charge in [-0.15, -0.1) is 0 Å². The van der Waals surface area contributed by atoms with Crippen molar-refractivity contribution in [1.29, 1.82) is 0 Å². The molecule has 2 heterocycles. The van der Waals surface area contributed by atoms with Crippen LogP contribution in [0.25, 0.3) is 0 Å². The van der Waals surface area contributed by atoms with Crippen molar-refractivity contribution in [3.8, 4) is 5.88 Å². The molecule has 0 aliphatic heterocycles. The molecule has 0 aliphatic carbocycles. The van der Waals surface area contributed by atoms with Crippen molar-refractivity contribution < 1.29 is 9.15 Å². The normalized spacial score (nSPS) is 10.6. The number of methoxy groups -OCH3 is 1. The molecule has 5 heteroatoms. The summed E-state index contributed by atoms with van der Waals surface area (Å²) in [4.78, 5) is 4.16. The Morgan fingerprint density at radius 1 is 1.26 bits per heavy atom. The van der Waals surface area contributed by atoms with Crippen molar-refractivity contribution in [3.05, 3.63) is 47.5 Å². The molecule has 0 spiro atoms. The Hall–Kier alpha value is -1.46. The summed E-state index contributed by atoms with van der Waals surface area (Å²) < 4.78 is 10.9. The van der Waals surface area contributed by atoms with Crippen LogP contribution in [0.1, 0.15) is 17.1 Å². The van der Waals surface area contributed by atoms with Crippen LogP contribution in [0.15, 0.2) is 34.9 Å². The molecular weight excluding hydrogens is 260 g/mol. The third kappa shape index (κ3) is 4.01. The molecule has 0 saturated carbocycles. The fraction of sp³-hybridized carbons (Fsp3) is 0.357. The van der Waals surface area contributed by atoms with E-state index in [0.717, 1.165) is 22.8 Å². The van der Waals surface area contributed by atoms with E-state index >= 15 is 0 Å². The fourth-order valence-electron chi connectivity index (χ4n) is 1.80. The smallest absolute Gasteiger partial charge is 0.217 e. The van der Waals surface area contributed by atoms with Gasteiger partial charge in [-0.1, -0.05) is 6.07 Å². The molecule has 4 nitrogen and oxygen atoms in total. The predicted octanol–water partition coefficient (Wildman–Crippen LogP) is 2.84. The van der Waals surface area contributed by atoms with Gasteiger partial charge in [0, 0.05) is 18.3 Å². The lowest BCUT2D eigenvalue weighted by atomic mass is 10.2. The number of ether oxygens (including phenoxy) is 1. The van der Waals surface area contributed by atoms with Gasteiger partial charge in [-0.05, 0) is 24.5 Å². The molecule has 2 aromatic heterocycles. The van der Waals surface area contributed by atoms with Crippen LogP contribution in [0.4, 0.5) is 0 Å². The van der Waals surface area contributed by atoms with Crippen molar-refractivity contribution >= 4 is 11.8 Å². The summed E-state index contributed by atoms with van der Waals surface area (Å²) in [6.45, 7) is 1.40. The molecule has 0 radical (unpaired) electrons. The molecule has 2 rings (SSSR count). The van der Waals surface area contributed by atoms with Crippen LogP contribution in [0.5, 0.6) is 5.88 Å². The summed E-state index contributed by atoms with van der Waals surface area (Å²) in [7, 11) is 1.63. The van der Waals surface area contributed by atoms with Crippen LogP contribution in [-0.4, -0.2) is 18.3 Å². The van der Waals surface area contributed by atoms with E-state index in [9.17, 15) is 0 Å². The van der Waals surface area contributed by atoms with Crippen molar-refractivity contribution in [2.24, 2.45) is 0 Å². The third-order valence-electron chi connectivity index (χ3n) is 2.66. The highest BCUT2D eigenvalue weighted by molar-refractivity contribution is 7.97. The van der Waals surface area contributed by atoms with E-state index in [-0.39, 0.29) is 0 Å². The highest BCUT2D eigenvalue weighted by Gasteiger charge is 2.04. The minimum absolute atomic E-state index is 0.664. The second-order valence-electron chi connectivity index (χ2n) is 4.08. The van der Waals surface area contributed by atoms with Crippen molar-refractivity contribution in [3.63, 3.8) is 0 Å². The van der Waals surface area contributed by atoms with E-state index in [4.69, 9.17) is 9.15 Å². The van der Waals surface area contributed by atoms with Crippen LogP contribution in [0.2, 0.25) is 0 Å². The van der Waals surface area contributed by atoms with Gasteiger partial charge >= 0.3 is 0 Å². The van der Waals surface area contributed by atoms with E-state index in [1.165, 1.54) is 0 Å². The maximum Gasteiger partial charge on any atom is 0.217 e. The topological polar surface area (TPSA) is 47.3 Å². The zero-order valence-electron chi connectivity index (χ0n) is 11.2. The molecule has 0 saturated heterocycles. The van der Waals surface area contributed by atoms with Crippen molar-refractivity contribution in [1.82, 2.24) is 10.3 Å². The Morgan fingerprint density at radius 2 is 2.11 bits per heavy atom. The second kappa shape index (κ2) is 7.21. The van der Waals surface area contributed by atoms with E-state index in [1.54, 1.807) is 25.1 Å². The third-order valence-corrected chi connectivity index (χ3v) is 3.24. The summed E-state index contributed by atoms with van der Waals surface area (Å²) in [5.41, 5.74) is 1.04. The zero-order valence-corrected chi connectivity index (χ0v) is 12.0. The Balaban J connectivity index is 1.85. The summed E-state index contributed by atoms with van der Waals surface area (Å²) in [5, 5.41) is 3.33. The van der Waals surface area contributed by atoms with E-state index in [0.29, 0.717) is 19.0 Å². The molecular formula is C14H18N2O2S. The fourth-order valence-corrected chi connectivity index (χ4v) is 2.24. The lowest BCUT2D eigenvalue weighted by molar-refractivity contribution is 0.389. The van der Waals surface area contributed by atoms with Crippen LogP contribution in [0, 0.1) is 0 Å². The molecule has 1 N–H and O–H groups in total.